The largest absolute Gasteiger partial charge is 0.377 e. The van der Waals surface area contributed by atoms with Crippen LogP contribution in [-0.4, -0.2) is 31.2 Å². The Labute approximate surface area is 120 Å². The fourth-order valence-corrected chi connectivity index (χ4v) is 2.06. The lowest BCUT2D eigenvalue weighted by Gasteiger charge is -2.15. The average Bonchev–Trinajstić information content (AvgIpc) is 2.47. The molecule has 0 aliphatic rings. The molecule has 0 aliphatic heterocycles. The standard InChI is InChI=1S/C16H21N3O/c1-11-10-17-15(18-16(11)19(3)4)14-8-6-13(7-9-14)12(2)20-5/h6-10,12H,1-5H3/t12-/m0/s1. The van der Waals surface area contributed by atoms with Gasteiger partial charge in [-0.05, 0) is 19.4 Å². The van der Waals surface area contributed by atoms with Crippen molar-refractivity contribution in [1.82, 2.24) is 9.97 Å². The van der Waals surface area contributed by atoms with Crippen LogP contribution in [0.3, 0.4) is 0 Å². The second-order valence-corrected chi connectivity index (χ2v) is 5.09. The van der Waals surface area contributed by atoms with Crippen molar-refractivity contribution in [2.75, 3.05) is 26.1 Å². The van der Waals surface area contributed by atoms with Crippen LogP contribution in [0.2, 0.25) is 0 Å². The number of ether oxygens (including phenoxy) is 1. The highest BCUT2D eigenvalue weighted by Crippen LogP contribution is 2.23. The molecule has 0 aliphatic carbocycles. The first kappa shape index (κ1) is 14.5. The SMILES string of the molecule is CO[C@@H](C)c1ccc(-c2ncc(C)c(N(C)C)n2)cc1. The Bertz CT molecular complexity index is 579. The van der Waals surface area contributed by atoms with E-state index in [0.717, 1.165) is 28.3 Å². The monoisotopic (exact) mass is 271 g/mol. The Kier molecular flexibility index (Phi) is 4.35. The summed E-state index contributed by atoms with van der Waals surface area (Å²) in [6, 6.07) is 8.19. The second kappa shape index (κ2) is 6.01. The van der Waals surface area contributed by atoms with Gasteiger partial charge in [0.1, 0.15) is 5.82 Å². The predicted molar refractivity (Wildman–Crippen MR) is 82.0 cm³/mol. The molecule has 0 fully saturated rings. The molecule has 2 rings (SSSR count). The lowest BCUT2D eigenvalue weighted by Crippen LogP contribution is -2.13. The third-order valence-corrected chi connectivity index (χ3v) is 3.36. The minimum atomic E-state index is 0.0975. The summed E-state index contributed by atoms with van der Waals surface area (Å²) in [5.74, 6) is 1.69. The van der Waals surface area contributed by atoms with Crippen molar-refractivity contribution in [3.05, 3.63) is 41.6 Å². The molecule has 4 nitrogen and oxygen atoms in total. The van der Waals surface area contributed by atoms with E-state index in [4.69, 9.17) is 4.74 Å². The Morgan fingerprint density at radius 3 is 2.35 bits per heavy atom. The molecule has 0 radical (unpaired) electrons. The van der Waals surface area contributed by atoms with Crippen LogP contribution >= 0.6 is 0 Å². The minimum Gasteiger partial charge on any atom is -0.377 e. The third-order valence-electron chi connectivity index (χ3n) is 3.36. The zero-order chi connectivity index (χ0) is 14.7. The number of anilines is 1. The molecule has 0 saturated carbocycles. The van der Waals surface area contributed by atoms with Gasteiger partial charge in [0.25, 0.3) is 0 Å². The van der Waals surface area contributed by atoms with Crippen molar-refractivity contribution in [2.24, 2.45) is 0 Å². The van der Waals surface area contributed by atoms with E-state index < -0.39 is 0 Å². The third kappa shape index (κ3) is 2.96. The summed E-state index contributed by atoms with van der Waals surface area (Å²) < 4.78 is 5.31. The second-order valence-electron chi connectivity index (χ2n) is 5.09. The van der Waals surface area contributed by atoms with E-state index >= 15 is 0 Å². The van der Waals surface area contributed by atoms with E-state index in [0.29, 0.717) is 0 Å². The highest BCUT2D eigenvalue weighted by atomic mass is 16.5. The number of methoxy groups -OCH3 is 1. The normalized spacial score (nSPS) is 12.2. The van der Waals surface area contributed by atoms with Crippen molar-refractivity contribution in [1.29, 1.82) is 0 Å². The Balaban J connectivity index is 2.34. The van der Waals surface area contributed by atoms with E-state index in [1.54, 1.807) is 7.11 Å². The Morgan fingerprint density at radius 2 is 1.80 bits per heavy atom. The topological polar surface area (TPSA) is 38.2 Å². The summed E-state index contributed by atoms with van der Waals surface area (Å²) in [5.41, 5.74) is 3.24. The maximum atomic E-state index is 5.31. The quantitative estimate of drug-likeness (QED) is 0.855. The lowest BCUT2D eigenvalue weighted by atomic mass is 10.1. The number of benzene rings is 1. The predicted octanol–water partition coefficient (Wildman–Crippen LogP) is 3.23. The molecule has 0 bridgehead atoms. The Hall–Kier alpha value is -1.94. The highest BCUT2D eigenvalue weighted by Gasteiger charge is 2.09. The van der Waals surface area contributed by atoms with E-state index in [1.807, 2.05) is 51.2 Å². The molecule has 1 atom stereocenters. The fraction of sp³-hybridized carbons (Fsp3) is 0.375. The summed E-state index contributed by atoms with van der Waals surface area (Å²) >= 11 is 0. The molecule has 1 aromatic carbocycles. The van der Waals surface area contributed by atoms with Crippen molar-refractivity contribution in [3.8, 4) is 11.4 Å². The molecule has 2 aromatic rings. The van der Waals surface area contributed by atoms with Gasteiger partial charge in [-0.1, -0.05) is 24.3 Å². The summed E-state index contributed by atoms with van der Waals surface area (Å²) in [6.07, 6.45) is 1.96. The molecule has 0 N–H and O–H groups in total. The number of aromatic nitrogens is 2. The van der Waals surface area contributed by atoms with Gasteiger partial charge < -0.3 is 9.64 Å². The van der Waals surface area contributed by atoms with Crippen LogP contribution in [-0.2, 0) is 4.74 Å². The van der Waals surface area contributed by atoms with Crippen molar-refractivity contribution in [3.63, 3.8) is 0 Å². The molecule has 0 spiro atoms. The van der Waals surface area contributed by atoms with Crippen LogP contribution in [0, 0.1) is 6.92 Å². The molecule has 106 valence electrons. The maximum absolute atomic E-state index is 5.31. The summed E-state index contributed by atoms with van der Waals surface area (Å²) in [7, 11) is 5.69. The molecular weight excluding hydrogens is 250 g/mol. The van der Waals surface area contributed by atoms with Gasteiger partial charge in [0.2, 0.25) is 0 Å². The summed E-state index contributed by atoms with van der Waals surface area (Å²) in [5, 5.41) is 0. The maximum Gasteiger partial charge on any atom is 0.161 e. The van der Waals surface area contributed by atoms with Crippen LogP contribution in [0.25, 0.3) is 11.4 Å². The van der Waals surface area contributed by atoms with Crippen molar-refractivity contribution in [2.45, 2.75) is 20.0 Å². The van der Waals surface area contributed by atoms with Crippen LogP contribution in [0.4, 0.5) is 5.82 Å². The lowest BCUT2D eigenvalue weighted by molar-refractivity contribution is 0.119. The Morgan fingerprint density at radius 1 is 1.15 bits per heavy atom. The first-order valence-electron chi connectivity index (χ1n) is 6.67. The molecule has 20 heavy (non-hydrogen) atoms. The first-order chi connectivity index (χ1) is 9.52. The number of nitrogens with zero attached hydrogens (tertiary/aromatic N) is 3. The molecule has 1 aromatic heterocycles. The van der Waals surface area contributed by atoms with Gasteiger partial charge in [-0.25, -0.2) is 9.97 Å². The van der Waals surface area contributed by atoms with Gasteiger partial charge in [-0.3, -0.25) is 0 Å². The van der Waals surface area contributed by atoms with Gasteiger partial charge in [0, 0.05) is 38.5 Å². The molecule has 4 heteroatoms. The van der Waals surface area contributed by atoms with Crippen LogP contribution in [0.5, 0.6) is 0 Å². The van der Waals surface area contributed by atoms with E-state index in [-0.39, 0.29) is 6.10 Å². The average molecular weight is 271 g/mol. The molecule has 0 amide bonds. The molecule has 0 saturated heterocycles. The zero-order valence-electron chi connectivity index (χ0n) is 12.7. The highest BCUT2D eigenvalue weighted by molar-refractivity contribution is 5.59. The van der Waals surface area contributed by atoms with Gasteiger partial charge in [0.05, 0.1) is 6.10 Å². The zero-order valence-corrected chi connectivity index (χ0v) is 12.7. The van der Waals surface area contributed by atoms with Crippen molar-refractivity contribution >= 4 is 5.82 Å². The smallest absolute Gasteiger partial charge is 0.161 e. The van der Waals surface area contributed by atoms with E-state index in [2.05, 4.69) is 22.1 Å². The molecular formula is C16H21N3O. The number of aryl methyl sites for hydroxylation is 1. The summed E-state index contributed by atoms with van der Waals surface area (Å²) in [6.45, 7) is 4.05. The first-order valence-corrected chi connectivity index (χ1v) is 6.67. The van der Waals surface area contributed by atoms with Gasteiger partial charge in [0.15, 0.2) is 5.82 Å². The molecule has 0 unspecified atom stereocenters. The van der Waals surface area contributed by atoms with Crippen LogP contribution in [0.15, 0.2) is 30.5 Å². The van der Waals surface area contributed by atoms with Crippen LogP contribution in [0.1, 0.15) is 24.2 Å². The van der Waals surface area contributed by atoms with Gasteiger partial charge in [-0.2, -0.15) is 0 Å². The number of rotatable bonds is 4. The van der Waals surface area contributed by atoms with E-state index in [1.165, 1.54) is 0 Å². The number of hydrogen-bond acceptors (Lipinski definition) is 4. The molecule has 1 heterocycles. The van der Waals surface area contributed by atoms with E-state index in [9.17, 15) is 0 Å². The minimum absolute atomic E-state index is 0.0975. The summed E-state index contributed by atoms with van der Waals surface area (Å²) in [4.78, 5) is 11.0. The van der Waals surface area contributed by atoms with Crippen molar-refractivity contribution < 1.29 is 4.74 Å². The fourth-order valence-electron chi connectivity index (χ4n) is 2.06. The number of hydrogen-bond donors (Lipinski definition) is 0. The van der Waals surface area contributed by atoms with Gasteiger partial charge >= 0.3 is 0 Å². The van der Waals surface area contributed by atoms with Gasteiger partial charge in [-0.15, -0.1) is 0 Å². The van der Waals surface area contributed by atoms with Crippen LogP contribution < -0.4 is 4.90 Å².